The number of piperidine rings is 1. The highest BCUT2D eigenvalue weighted by Crippen LogP contribution is 2.28. The van der Waals surface area contributed by atoms with E-state index in [0.717, 1.165) is 49.1 Å². The maximum Gasteiger partial charge on any atom is 0.243 e. The number of fused-ring (bicyclic) bond motifs is 1. The number of benzene rings is 1. The Kier molecular flexibility index (Phi) is 4.41. The molecule has 0 aliphatic carbocycles. The van der Waals surface area contributed by atoms with Gasteiger partial charge >= 0.3 is 0 Å². The monoisotopic (exact) mass is 359 g/mol. The molecule has 1 aromatic heterocycles. The Labute approximate surface area is 149 Å². The molecule has 3 heterocycles. The van der Waals surface area contributed by atoms with Crippen LogP contribution in [0.3, 0.4) is 0 Å². The number of pyridine rings is 1. The highest BCUT2D eigenvalue weighted by molar-refractivity contribution is 7.89. The van der Waals surface area contributed by atoms with Gasteiger partial charge in [-0.2, -0.15) is 4.31 Å². The van der Waals surface area contributed by atoms with Gasteiger partial charge in [0.15, 0.2) is 0 Å². The summed E-state index contributed by atoms with van der Waals surface area (Å²) in [5, 5.41) is 0.883. The lowest BCUT2D eigenvalue weighted by Crippen LogP contribution is -2.41. The minimum absolute atomic E-state index is 0.0742. The number of nitrogens with zero attached hydrogens (tertiary/aromatic N) is 3. The zero-order valence-corrected chi connectivity index (χ0v) is 15.5. The summed E-state index contributed by atoms with van der Waals surface area (Å²) in [7, 11) is -3.43. The van der Waals surface area contributed by atoms with Crippen molar-refractivity contribution in [1.82, 2.24) is 9.29 Å². The molecule has 0 amide bonds. The summed E-state index contributed by atoms with van der Waals surface area (Å²) in [5.74, 6) is 0.991. The molecule has 2 fully saturated rings. The Bertz CT molecular complexity index is 875. The molecule has 0 radical (unpaired) electrons. The number of hydrogen-bond acceptors (Lipinski definition) is 4. The van der Waals surface area contributed by atoms with Crippen LogP contribution < -0.4 is 4.90 Å². The Morgan fingerprint density at radius 2 is 1.76 bits per heavy atom. The summed E-state index contributed by atoms with van der Waals surface area (Å²) in [6, 6.07) is 9.40. The molecule has 5 nitrogen and oxygen atoms in total. The predicted molar refractivity (Wildman–Crippen MR) is 100 cm³/mol. The second kappa shape index (κ2) is 6.57. The first-order chi connectivity index (χ1) is 12.1. The predicted octanol–water partition coefficient (Wildman–Crippen LogP) is 3.40. The van der Waals surface area contributed by atoms with Gasteiger partial charge in [-0.25, -0.2) is 13.4 Å². The molecule has 0 saturated carbocycles. The van der Waals surface area contributed by atoms with E-state index in [1.807, 2.05) is 25.1 Å². The molecule has 1 atom stereocenters. The van der Waals surface area contributed by atoms with Gasteiger partial charge in [0.1, 0.15) is 5.82 Å². The lowest BCUT2D eigenvalue weighted by molar-refractivity contribution is 0.268. The van der Waals surface area contributed by atoms with E-state index < -0.39 is 10.0 Å². The van der Waals surface area contributed by atoms with E-state index >= 15 is 0 Å². The molecular formula is C19H25N3O2S. The van der Waals surface area contributed by atoms with Gasteiger partial charge in [-0.3, -0.25) is 0 Å². The molecule has 1 unspecified atom stereocenters. The van der Waals surface area contributed by atoms with Gasteiger partial charge < -0.3 is 4.90 Å². The van der Waals surface area contributed by atoms with Crippen LogP contribution in [0.4, 0.5) is 5.82 Å². The Morgan fingerprint density at radius 1 is 1.00 bits per heavy atom. The van der Waals surface area contributed by atoms with Gasteiger partial charge in [0.2, 0.25) is 10.0 Å². The van der Waals surface area contributed by atoms with Crippen molar-refractivity contribution in [3.63, 3.8) is 0 Å². The maximum absolute atomic E-state index is 13.0. The summed E-state index contributed by atoms with van der Waals surface area (Å²) < 4.78 is 27.7. The van der Waals surface area contributed by atoms with E-state index in [-0.39, 0.29) is 6.04 Å². The van der Waals surface area contributed by atoms with Gasteiger partial charge in [-0.05, 0) is 62.9 Å². The van der Waals surface area contributed by atoms with Gasteiger partial charge in [-0.15, -0.1) is 0 Å². The molecule has 6 heteroatoms. The summed E-state index contributed by atoms with van der Waals surface area (Å²) >= 11 is 0. The van der Waals surface area contributed by atoms with Crippen LogP contribution in [0.1, 0.15) is 39.0 Å². The largest absolute Gasteiger partial charge is 0.357 e. The highest BCUT2D eigenvalue weighted by Gasteiger charge is 2.31. The van der Waals surface area contributed by atoms with E-state index in [1.165, 1.54) is 12.8 Å². The first-order valence-electron chi connectivity index (χ1n) is 9.23. The average molecular weight is 359 g/mol. The van der Waals surface area contributed by atoms with Crippen LogP contribution in [0.25, 0.3) is 10.9 Å². The summed E-state index contributed by atoms with van der Waals surface area (Å²) in [5.41, 5.74) is 0.857. The average Bonchev–Trinajstić information content (AvgIpc) is 3.15. The van der Waals surface area contributed by atoms with E-state index in [0.29, 0.717) is 11.4 Å². The van der Waals surface area contributed by atoms with Crippen molar-refractivity contribution in [1.29, 1.82) is 0 Å². The number of sulfonamides is 1. The zero-order chi connectivity index (χ0) is 17.4. The molecule has 1 aromatic carbocycles. The minimum Gasteiger partial charge on any atom is -0.357 e. The number of hydrogen-bond donors (Lipinski definition) is 0. The zero-order valence-electron chi connectivity index (χ0n) is 14.7. The molecular weight excluding hydrogens is 334 g/mol. The molecule has 2 aliphatic heterocycles. The van der Waals surface area contributed by atoms with Crippen LogP contribution in [-0.4, -0.2) is 43.4 Å². The Balaban J connectivity index is 1.67. The van der Waals surface area contributed by atoms with Crippen molar-refractivity contribution in [3.8, 4) is 0 Å². The Morgan fingerprint density at radius 3 is 2.52 bits per heavy atom. The lowest BCUT2D eigenvalue weighted by Gasteiger charge is -2.32. The summed E-state index contributed by atoms with van der Waals surface area (Å²) in [6.45, 7) is 4.73. The molecule has 2 aromatic rings. The third kappa shape index (κ3) is 3.13. The SMILES string of the molecule is CC1CCCCN1S(=O)(=O)c1ccc2nc(N3CCCC3)ccc2c1. The fourth-order valence-electron chi connectivity index (χ4n) is 3.94. The smallest absolute Gasteiger partial charge is 0.243 e. The molecule has 0 spiro atoms. The van der Waals surface area contributed by atoms with E-state index in [2.05, 4.69) is 4.90 Å². The summed E-state index contributed by atoms with van der Waals surface area (Å²) in [6.07, 6.45) is 5.41. The fourth-order valence-corrected chi connectivity index (χ4v) is 5.68. The fraction of sp³-hybridized carbons (Fsp3) is 0.526. The van der Waals surface area contributed by atoms with Crippen molar-refractivity contribution in [3.05, 3.63) is 30.3 Å². The first kappa shape index (κ1) is 16.8. The highest BCUT2D eigenvalue weighted by atomic mass is 32.2. The molecule has 134 valence electrons. The molecule has 0 bridgehead atoms. The maximum atomic E-state index is 13.0. The van der Waals surface area contributed by atoms with Crippen molar-refractivity contribution in [2.75, 3.05) is 24.5 Å². The molecule has 0 N–H and O–H groups in total. The number of rotatable bonds is 3. The van der Waals surface area contributed by atoms with E-state index in [1.54, 1.807) is 16.4 Å². The van der Waals surface area contributed by atoms with Crippen LogP contribution in [0.15, 0.2) is 35.2 Å². The van der Waals surface area contributed by atoms with Crippen LogP contribution in [-0.2, 0) is 10.0 Å². The van der Waals surface area contributed by atoms with E-state index in [4.69, 9.17) is 4.98 Å². The van der Waals surface area contributed by atoms with Gasteiger partial charge in [0.25, 0.3) is 0 Å². The third-order valence-corrected chi connectivity index (χ3v) is 7.43. The van der Waals surface area contributed by atoms with Crippen molar-refractivity contribution in [2.24, 2.45) is 0 Å². The van der Waals surface area contributed by atoms with E-state index in [9.17, 15) is 8.42 Å². The minimum atomic E-state index is -3.43. The van der Waals surface area contributed by atoms with Crippen LogP contribution in [0.5, 0.6) is 0 Å². The number of anilines is 1. The van der Waals surface area contributed by atoms with Gasteiger partial charge in [-0.1, -0.05) is 6.42 Å². The lowest BCUT2D eigenvalue weighted by atomic mass is 10.1. The molecule has 4 rings (SSSR count). The molecule has 25 heavy (non-hydrogen) atoms. The van der Waals surface area contributed by atoms with Gasteiger partial charge in [0, 0.05) is 31.1 Å². The van der Waals surface area contributed by atoms with Crippen LogP contribution >= 0.6 is 0 Å². The second-order valence-electron chi connectivity index (χ2n) is 7.18. The van der Waals surface area contributed by atoms with Crippen molar-refractivity contribution in [2.45, 2.75) is 50.0 Å². The normalized spacial score (nSPS) is 22.6. The second-order valence-corrected chi connectivity index (χ2v) is 9.07. The van der Waals surface area contributed by atoms with Crippen LogP contribution in [0.2, 0.25) is 0 Å². The first-order valence-corrected chi connectivity index (χ1v) is 10.7. The quantitative estimate of drug-likeness (QED) is 0.843. The Hall–Kier alpha value is -1.66. The standard InChI is InChI=1S/C19H25N3O2S/c1-15-6-2-3-13-22(15)25(23,24)17-8-9-18-16(14-17)7-10-19(20-18)21-11-4-5-12-21/h7-10,14-15H,2-6,11-13H2,1H3. The molecule has 2 saturated heterocycles. The van der Waals surface area contributed by atoms with Gasteiger partial charge in [0.05, 0.1) is 10.4 Å². The molecule has 2 aliphatic rings. The summed E-state index contributed by atoms with van der Waals surface area (Å²) in [4.78, 5) is 7.40. The number of aromatic nitrogens is 1. The van der Waals surface area contributed by atoms with Crippen molar-refractivity contribution < 1.29 is 8.42 Å². The topological polar surface area (TPSA) is 53.5 Å². The third-order valence-electron chi connectivity index (χ3n) is 5.42. The van der Waals surface area contributed by atoms with Crippen LogP contribution in [0, 0.1) is 0 Å². The van der Waals surface area contributed by atoms with Crippen molar-refractivity contribution >= 4 is 26.7 Å².